The summed E-state index contributed by atoms with van der Waals surface area (Å²) in [6, 6.07) is 0. The fourth-order valence-electron chi connectivity index (χ4n) is 6.55. The number of hydrogen-bond donors (Lipinski definition) is 3. The molecule has 3 atom stereocenters. The minimum atomic E-state index is -4.62. The van der Waals surface area contributed by atoms with Gasteiger partial charge in [-0.1, -0.05) is 172 Å². The largest absolute Gasteiger partial charge is 0.472 e. The summed E-state index contributed by atoms with van der Waals surface area (Å²) in [5, 5.41) is 18.4. The fourth-order valence-corrected chi connectivity index (χ4v) is 7.34. The van der Waals surface area contributed by atoms with E-state index < -0.39 is 51.8 Å². The third-order valence-corrected chi connectivity index (χ3v) is 11.2. The van der Waals surface area contributed by atoms with E-state index in [1.165, 1.54) is 122 Å². The number of unbranched alkanes of at least 4 members (excludes halogenated alkanes) is 25. The number of carbonyl (C=O) groups excluding carboxylic acids is 2. The van der Waals surface area contributed by atoms with Gasteiger partial charge in [0.25, 0.3) is 0 Å². The Kier molecular flexibility index (Phi) is 42.9. The van der Waals surface area contributed by atoms with E-state index in [1.54, 1.807) is 0 Å². The Labute approximate surface area is 361 Å². The van der Waals surface area contributed by atoms with E-state index in [9.17, 15) is 24.2 Å². The van der Waals surface area contributed by atoms with Crippen LogP contribution in [0.4, 0.5) is 0 Å². The SMILES string of the molecule is CCCCC/C=C/C/C=C/CCCCCCCCCCCC(=O)OC[C@H](COP(=O)(O)OC[C@@H](O)CO)OC(=O)CCCCCCCCC/C=C/CCCCCCCC. The van der Waals surface area contributed by atoms with Gasteiger partial charge in [-0.15, -0.1) is 0 Å². The molecule has 346 valence electrons. The number of aliphatic hydroxyl groups excluding tert-OH is 2. The Balaban J connectivity index is 4.23. The number of esters is 2. The van der Waals surface area contributed by atoms with Crippen LogP contribution in [0.1, 0.15) is 219 Å². The first-order chi connectivity index (χ1) is 28.7. The van der Waals surface area contributed by atoms with Gasteiger partial charge < -0.3 is 24.6 Å². The molecule has 0 amide bonds. The van der Waals surface area contributed by atoms with Gasteiger partial charge in [-0.2, -0.15) is 0 Å². The molecule has 0 heterocycles. The van der Waals surface area contributed by atoms with Crippen molar-refractivity contribution in [2.75, 3.05) is 26.4 Å². The summed E-state index contributed by atoms with van der Waals surface area (Å²) in [6.45, 7) is 2.37. The third-order valence-electron chi connectivity index (χ3n) is 10.3. The molecule has 10 nitrogen and oxygen atoms in total. The van der Waals surface area contributed by atoms with E-state index in [0.29, 0.717) is 12.8 Å². The predicted molar refractivity (Wildman–Crippen MR) is 242 cm³/mol. The second-order valence-corrected chi connectivity index (χ2v) is 17.6. The Morgan fingerprint density at radius 2 is 0.881 bits per heavy atom. The minimum absolute atomic E-state index is 0.179. The summed E-state index contributed by atoms with van der Waals surface area (Å²) in [5.74, 6) is -0.929. The van der Waals surface area contributed by atoms with Crippen molar-refractivity contribution in [3.05, 3.63) is 36.5 Å². The van der Waals surface area contributed by atoms with E-state index in [0.717, 1.165) is 57.8 Å². The van der Waals surface area contributed by atoms with Gasteiger partial charge in [0.1, 0.15) is 12.7 Å². The smallest absolute Gasteiger partial charge is 0.462 e. The van der Waals surface area contributed by atoms with Crippen molar-refractivity contribution in [3.63, 3.8) is 0 Å². The Morgan fingerprint density at radius 1 is 0.508 bits per heavy atom. The molecule has 3 N–H and O–H groups in total. The highest BCUT2D eigenvalue weighted by molar-refractivity contribution is 7.47. The molecule has 59 heavy (non-hydrogen) atoms. The summed E-state index contributed by atoms with van der Waals surface area (Å²) < 4.78 is 32.8. The number of phosphoric acid groups is 1. The Morgan fingerprint density at radius 3 is 1.36 bits per heavy atom. The highest BCUT2D eigenvalue weighted by atomic mass is 31.2. The average Bonchev–Trinajstić information content (AvgIpc) is 3.22. The van der Waals surface area contributed by atoms with E-state index in [-0.39, 0.29) is 19.4 Å². The third kappa shape index (κ3) is 44.1. The van der Waals surface area contributed by atoms with Gasteiger partial charge in [0.05, 0.1) is 19.8 Å². The molecule has 0 aliphatic heterocycles. The number of phosphoric ester groups is 1. The van der Waals surface area contributed by atoms with Crippen molar-refractivity contribution in [3.8, 4) is 0 Å². The maximum absolute atomic E-state index is 12.6. The number of ether oxygens (including phenoxy) is 2. The van der Waals surface area contributed by atoms with Crippen LogP contribution in [0, 0.1) is 0 Å². The average molecular weight is 857 g/mol. The molecule has 0 aromatic carbocycles. The summed E-state index contributed by atoms with van der Waals surface area (Å²) >= 11 is 0. The van der Waals surface area contributed by atoms with Crippen LogP contribution in [-0.4, -0.2) is 65.7 Å². The van der Waals surface area contributed by atoms with Crippen LogP contribution in [-0.2, 0) is 32.7 Å². The van der Waals surface area contributed by atoms with Crippen molar-refractivity contribution in [2.45, 2.75) is 232 Å². The Hall–Kier alpha value is -1.81. The number of allylic oxidation sites excluding steroid dienone is 6. The monoisotopic (exact) mass is 857 g/mol. The molecule has 0 aliphatic carbocycles. The molecule has 0 fully saturated rings. The maximum atomic E-state index is 12.6. The molecular weight excluding hydrogens is 767 g/mol. The van der Waals surface area contributed by atoms with E-state index in [4.69, 9.17) is 23.6 Å². The predicted octanol–water partition coefficient (Wildman–Crippen LogP) is 13.1. The second kappa shape index (κ2) is 44.3. The standard InChI is InChI=1S/C48H89O10P/c1-3-5-7-9-11-13-15-17-19-21-22-24-25-27-29-31-33-35-37-39-47(51)55-43-46(44-57-59(53,54)56-42-45(50)41-49)58-48(52)40-38-36-34-32-30-28-26-23-20-18-16-14-12-10-8-6-4-2/h11,13,17-20,45-46,49-50H,3-10,12,14-16,21-44H2,1-2H3,(H,53,54)/b13-11+,19-17+,20-18+/t45-,46+/m0/s1. The number of rotatable bonds is 45. The summed E-state index contributed by atoms with van der Waals surface area (Å²) in [5.41, 5.74) is 0. The van der Waals surface area contributed by atoms with Crippen LogP contribution in [0.25, 0.3) is 0 Å². The number of hydrogen-bond acceptors (Lipinski definition) is 9. The lowest BCUT2D eigenvalue weighted by molar-refractivity contribution is -0.161. The van der Waals surface area contributed by atoms with Crippen LogP contribution in [0.15, 0.2) is 36.5 Å². The highest BCUT2D eigenvalue weighted by Crippen LogP contribution is 2.43. The van der Waals surface area contributed by atoms with Crippen LogP contribution in [0.5, 0.6) is 0 Å². The van der Waals surface area contributed by atoms with Gasteiger partial charge in [0, 0.05) is 12.8 Å². The lowest BCUT2D eigenvalue weighted by Gasteiger charge is -2.20. The van der Waals surface area contributed by atoms with Crippen LogP contribution >= 0.6 is 7.82 Å². The van der Waals surface area contributed by atoms with Gasteiger partial charge >= 0.3 is 19.8 Å². The lowest BCUT2D eigenvalue weighted by Crippen LogP contribution is -2.29. The molecule has 0 saturated carbocycles. The summed E-state index contributed by atoms with van der Waals surface area (Å²) in [7, 11) is -4.62. The van der Waals surface area contributed by atoms with Crippen LogP contribution in [0.3, 0.4) is 0 Å². The number of aliphatic hydroxyl groups is 2. The molecule has 11 heteroatoms. The van der Waals surface area contributed by atoms with Crippen molar-refractivity contribution < 1.29 is 47.8 Å². The van der Waals surface area contributed by atoms with Crippen LogP contribution < -0.4 is 0 Å². The zero-order valence-electron chi connectivity index (χ0n) is 37.7. The first-order valence-electron chi connectivity index (χ1n) is 23.9. The molecule has 0 bridgehead atoms. The second-order valence-electron chi connectivity index (χ2n) is 16.1. The topological polar surface area (TPSA) is 149 Å². The van der Waals surface area contributed by atoms with Crippen molar-refractivity contribution in [2.24, 2.45) is 0 Å². The van der Waals surface area contributed by atoms with Gasteiger partial charge in [-0.25, -0.2) is 4.57 Å². The molecule has 0 radical (unpaired) electrons. The zero-order chi connectivity index (χ0) is 43.3. The number of carbonyl (C=O) groups is 2. The minimum Gasteiger partial charge on any atom is -0.462 e. The van der Waals surface area contributed by atoms with Gasteiger partial charge in [-0.3, -0.25) is 18.6 Å². The lowest BCUT2D eigenvalue weighted by atomic mass is 10.1. The van der Waals surface area contributed by atoms with Crippen molar-refractivity contribution >= 4 is 19.8 Å². The van der Waals surface area contributed by atoms with Crippen LogP contribution in [0.2, 0.25) is 0 Å². The molecular formula is C48H89O10P. The normalized spacial score (nSPS) is 14.1. The molecule has 0 aromatic rings. The molecule has 0 spiro atoms. The molecule has 0 rings (SSSR count). The molecule has 0 aromatic heterocycles. The molecule has 0 saturated heterocycles. The first kappa shape index (κ1) is 57.2. The van der Waals surface area contributed by atoms with Crippen molar-refractivity contribution in [1.82, 2.24) is 0 Å². The van der Waals surface area contributed by atoms with E-state index in [1.807, 2.05) is 0 Å². The van der Waals surface area contributed by atoms with Gasteiger partial charge in [0.15, 0.2) is 6.10 Å². The van der Waals surface area contributed by atoms with E-state index >= 15 is 0 Å². The molecule has 1 unspecified atom stereocenters. The van der Waals surface area contributed by atoms with Gasteiger partial charge in [0.2, 0.25) is 0 Å². The molecule has 0 aliphatic rings. The van der Waals surface area contributed by atoms with E-state index in [2.05, 4.69) is 50.3 Å². The quantitative estimate of drug-likeness (QED) is 0.0234. The van der Waals surface area contributed by atoms with Gasteiger partial charge in [-0.05, 0) is 70.6 Å². The van der Waals surface area contributed by atoms with Crippen molar-refractivity contribution in [1.29, 1.82) is 0 Å². The summed E-state index contributed by atoms with van der Waals surface area (Å²) in [4.78, 5) is 35.1. The highest BCUT2D eigenvalue weighted by Gasteiger charge is 2.27. The summed E-state index contributed by atoms with van der Waals surface area (Å²) in [6.07, 6.45) is 46.7. The fraction of sp³-hybridized carbons (Fsp3) is 0.833. The zero-order valence-corrected chi connectivity index (χ0v) is 38.6. The maximum Gasteiger partial charge on any atom is 0.472 e. The Bertz CT molecular complexity index is 1080. The first-order valence-corrected chi connectivity index (χ1v) is 25.4.